The van der Waals surface area contributed by atoms with Gasteiger partial charge in [-0.3, -0.25) is 4.98 Å². The van der Waals surface area contributed by atoms with Crippen LogP contribution in [0.4, 0.5) is 0 Å². The van der Waals surface area contributed by atoms with E-state index in [2.05, 4.69) is 39.7 Å². The van der Waals surface area contributed by atoms with Gasteiger partial charge in [-0.05, 0) is 68.4 Å². The van der Waals surface area contributed by atoms with Gasteiger partial charge in [0.05, 0.1) is 23.5 Å². The maximum Gasteiger partial charge on any atom is 0.170 e. The van der Waals surface area contributed by atoms with Crippen molar-refractivity contribution in [1.29, 1.82) is 0 Å². The van der Waals surface area contributed by atoms with Gasteiger partial charge in [0.1, 0.15) is 5.75 Å². The molecule has 0 saturated carbocycles. The Bertz CT molecular complexity index is 1070. The average Bonchev–Trinajstić information content (AvgIpc) is 3.25. The van der Waals surface area contributed by atoms with Crippen LogP contribution in [-0.4, -0.2) is 44.9 Å². The summed E-state index contributed by atoms with van der Waals surface area (Å²) >= 11 is 5.74. The summed E-state index contributed by atoms with van der Waals surface area (Å²) in [6.07, 6.45) is 2.69. The zero-order valence-electron chi connectivity index (χ0n) is 18.1. The fraction of sp³-hybridized carbons (Fsp3) is 0.333. The van der Waals surface area contributed by atoms with Crippen LogP contribution in [-0.2, 0) is 4.74 Å². The first-order chi connectivity index (χ1) is 15.0. The summed E-state index contributed by atoms with van der Waals surface area (Å²) < 4.78 is 7.38. The van der Waals surface area contributed by atoms with Crippen LogP contribution in [0.25, 0.3) is 5.69 Å². The van der Waals surface area contributed by atoms with Gasteiger partial charge in [-0.25, -0.2) is 0 Å². The van der Waals surface area contributed by atoms with Crippen LogP contribution >= 0.6 is 12.2 Å². The Morgan fingerprint density at radius 2 is 1.94 bits per heavy atom. The van der Waals surface area contributed by atoms with Crippen molar-refractivity contribution in [3.8, 4) is 11.4 Å². The largest absolute Gasteiger partial charge is 0.506 e. The summed E-state index contributed by atoms with van der Waals surface area (Å²) in [6, 6.07) is 15.5. The zero-order chi connectivity index (χ0) is 22.0. The molecule has 7 heteroatoms. The molecule has 2 N–H and O–H groups in total. The molecule has 31 heavy (non-hydrogen) atoms. The van der Waals surface area contributed by atoms with Crippen molar-refractivity contribution in [1.82, 2.24) is 19.8 Å². The van der Waals surface area contributed by atoms with Gasteiger partial charge in [-0.15, -0.1) is 0 Å². The molecule has 1 fully saturated rings. The molecule has 0 spiro atoms. The van der Waals surface area contributed by atoms with E-state index in [4.69, 9.17) is 17.0 Å². The second-order valence-electron chi connectivity index (χ2n) is 7.82. The van der Waals surface area contributed by atoms with Gasteiger partial charge in [0, 0.05) is 37.8 Å². The first kappa shape index (κ1) is 21.3. The standard InChI is InChI=1S/C24H28N4O2S/c1-16-15-18(17(2)28(16)20-10-4-5-11-21(20)29)23-22(19-9-6-7-12-25-19)26-24(31)27(23)13-8-14-30-3/h4-7,9-12,15,22-23,29H,8,13-14H2,1-3H3,(H,26,31)/t22-,23-/m0/s1. The lowest BCUT2D eigenvalue weighted by Crippen LogP contribution is -2.31. The second kappa shape index (κ2) is 9.08. The number of aryl methyl sites for hydroxylation is 1. The summed E-state index contributed by atoms with van der Waals surface area (Å²) in [5, 5.41) is 14.7. The zero-order valence-corrected chi connectivity index (χ0v) is 18.9. The summed E-state index contributed by atoms with van der Waals surface area (Å²) in [6.45, 7) is 5.62. The van der Waals surface area contributed by atoms with Gasteiger partial charge in [-0.1, -0.05) is 18.2 Å². The number of thiocarbonyl (C=S) groups is 1. The highest BCUT2D eigenvalue weighted by Gasteiger charge is 2.41. The Morgan fingerprint density at radius 3 is 2.65 bits per heavy atom. The fourth-order valence-electron chi connectivity index (χ4n) is 4.48. The Morgan fingerprint density at radius 1 is 1.16 bits per heavy atom. The van der Waals surface area contributed by atoms with Crippen LogP contribution in [0.15, 0.2) is 54.7 Å². The smallest absolute Gasteiger partial charge is 0.170 e. The molecular weight excluding hydrogens is 408 g/mol. The average molecular weight is 437 g/mol. The van der Waals surface area contributed by atoms with Crippen molar-refractivity contribution in [3.05, 3.63) is 77.4 Å². The van der Waals surface area contributed by atoms with Crippen LogP contribution < -0.4 is 5.32 Å². The molecule has 1 aliphatic heterocycles. The number of nitrogens with one attached hydrogen (secondary N) is 1. The third-order valence-electron chi connectivity index (χ3n) is 5.86. The van der Waals surface area contributed by atoms with Crippen molar-refractivity contribution in [3.63, 3.8) is 0 Å². The van der Waals surface area contributed by atoms with Crippen molar-refractivity contribution in [2.24, 2.45) is 0 Å². The lowest BCUT2D eigenvalue weighted by molar-refractivity contribution is 0.180. The second-order valence-corrected chi connectivity index (χ2v) is 8.20. The number of rotatable bonds is 7. The SMILES string of the molecule is COCCCN1C(=S)N[C@@H](c2ccccn2)[C@@H]1c1cc(C)n(-c2ccccc2O)c1C. The number of aromatic nitrogens is 2. The van der Waals surface area contributed by atoms with E-state index in [0.29, 0.717) is 6.61 Å². The molecular formula is C24H28N4O2S. The minimum absolute atomic E-state index is 0.00920. The molecule has 2 atom stereocenters. The van der Waals surface area contributed by atoms with Crippen molar-refractivity contribution in [2.75, 3.05) is 20.3 Å². The Balaban J connectivity index is 1.80. The van der Waals surface area contributed by atoms with Gasteiger partial charge in [-0.2, -0.15) is 0 Å². The predicted molar refractivity (Wildman–Crippen MR) is 126 cm³/mol. The number of phenols is 1. The number of hydrogen-bond acceptors (Lipinski definition) is 4. The van der Waals surface area contributed by atoms with Crippen LogP contribution in [0.5, 0.6) is 5.75 Å². The fourth-order valence-corrected chi connectivity index (χ4v) is 4.81. The molecule has 3 aromatic rings. The number of hydrogen-bond donors (Lipinski definition) is 2. The Hall–Kier alpha value is -2.90. The van der Waals surface area contributed by atoms with Gasteiger partial charge in [0.2, 0.25) is 0 Å². The molecule has 1 aromatic carbocycles. The van der Waals surface area contributed by atoms with Crippen LogP contribution in [0, 0.1) is 13.8 Å². The van der Waals surface area contributed by atoms with E-state index >= 15 is 0 Å². The lowest BCUT2D eigenvalue weighted by Gasteiger charge is -2.28. The molecule has 162 valence electrons. The van der Waals surface area contributed by atoms with Gasteiger partial charge in [0.25, 0.3) is 0 Å². The van der Waals surface area contributed by atoms with Crippen LogP contribution in [0.2, 0.25) is 0 Å². The number of para-hydroxylation sites is 2. The number of methoxy groups -OCH3 is 1. The molecule has 6 nitrogen and oxygen atoms in total. The highest BCUT2D eigenvalue weighted by Crippen LogP contribution is 2.41. The van der Waals surface area contributed by atoms with E-state index in [1.807, 2.05) is 42.6 Å². The molecule has 0 bridgehead atoms. The Labute approximate surface area is 188 Å². The topological polar surface area (TPSA) is 62.5 Å². The van der Waals surface area contributed by atoms with Crippen molar-refractivity contribution in [2.45, 2.75) is 32.4 Å². The highest BCUT2D eigenvalue weighted by molar-refractivity contribution is 7.80. The van der Waals surface area contributed by atoms with Crippen molar-refractivity contribution >= 4 is 17.3 Å². The Kier molecular flexibility index (Phi) is 6.25. The third-order valence-corrected chi connectivity index (χ3v) is 6.21. The van der Waals surface area contributed by atoms with Gasteiger partial charge in [0.15, 0.2) is 5.11 Å². The molecule has 1 aliphatic rings. The van der Waals surface area contributed by atoms with Crippen LogP contribution in [0.1, 0.15) is 41.1 Å². The normalized spacial score (nSPS) is 18.4. The number of benzene rings is 1. The van der Waals surface area contributed by atoms with Crippen LogP contribution in [0.3, 0.4) is 0 Å². The summed E-state index contributed by atoms with van der Waals surface area (Å²) in [4.78, 5) is 6.85. The monoisotopic (exact) mass is 436 g/mol. The van der Waals surface area contributed by atoms with E-state index in [0.717, 1.165) is 40.8 Å². The highest BCUT2D eigenvalue weighted by atomic mass is 32.1. The van der Waals surface area contributed by atoms with Gasteiger partial charge >= 0.3 is 0 Å². The molecule has 3 heterocycles. The first-order valence-corrected chi connectivity index (χ1v) is 10.9. The van der Waals surface area contributed by atoms with E-state index < -0.39 is 0 Å². The molecule has 0 amide bonds. The maximum absolute atomic E-state index is 10.5. The van der Waals surface area contributed by atoms with Gasteiger partial charge < -0.3 is 24.6 Å². The maximum atomic E-state index is 10.5. The molecule has 4 rings (SSSR count). The number of ether oxygens (including phenoxy) is 1. The van der Waals surface area contributed by atoms with E-state index in [-0.39, 0.29) is 17.8 Å². The third kappa shape index (κ3) is 4.03. The lowest BCUT2D eigenvalue weighted by atomic mass is 9.96. The first-order valence-electron chi connectivity index (χ1n) is 10.5. The summed E-state index contributed by atoms with van der Waals surface area (Å²) in [7, 11) is 1.72. The number of phenolic OH excluding ortho intramolecular Hbond substituents is 1. The quantitative estimate of drug-likeness (QED) is 0.428. The minimum atomic E-state index is -0.0606. The number of pyridine rings is 1. The van der Waals surface area contributed by atoms with E-state index in [9.17, 15) is 5.11 Å². The summed E-state index contributed by atoms with van der Waals surface area (Å²) in [5.74, 6) is 0.258. The molecule has 0 radical (unpaired) electrons. The minimum Gasteiger partial charge on any atom is -0.506 e. The molecule has 0 unspecified atom stereocenters. The number of nitrogens with zero attached hydrogens (tertiary/aromatic N) is 3. The molecule has 1 saturated heterocycles. The predicted octanol–water partition coefficient (Wildman–Crippen LogP) is 4.20. The molecule has 2 aromatic heterocycles. The molecule has 0 aliphatic carbocycles. The van der Waals surface area contributed by atoms with Crippen molar-refractivity contribution < 1.29 is 9.84 Å². The summed E-state index contributed by atoms with van der Waals surface area (Å²) in [5.41, 5.74) is 5.03. The number of aromatic hydroxyl groups is 1. The van der Waals surface area contributed by atoms with E-state index in [1.54, 1.807) is 13.2 Å². The van der Waals surface area contributed by atoms with E-state index in [1.165, 1.54) is 5.56 Å².